The molecule has 29 heavy (non-hydrogen) atoms. The summed E-state index contributed by atoms with van der Waals surface area (Å²) in [4.78, 5) is 28.1. The molecule has 3 heterocycles. The van der Waals surface area contributed by atoms with Gasteiger partial charge in [-0.05, 0) is 38.0 Å². The molecule has 1 N–H and O–H groups in total. The van der Waals surface area contributed by atoms with Gasteiger partial charge in [0.1, 0.15) is 11.9 Å². The van der Waals surface area contributed by atoms with Gasteiger partial charge in [-0.1, -0.05) is 11.8 Å². The molecule has 152 valence electrons. The number of benzene rings is 1. The number of imidazole rings is 1. The Morgan fingerprint density at radius 3 is 3.03 bits per heavy atom. The van der Waals surface area contributed by atoms with Crippen LogP contribution >= 0.6 is 11.8 Å². The Labute approximate surface area is 172 Å². The van der Waals surface area contributed by atoms with Crippen LogP contribution < -0.4 is 10.2 Å². The van der Waals surface area contributed by atoms with Gasteiger partial charge in [0, 0.05) is 43.7 Å². The average molecular weight is 415 g/mol. The molecule has 1 aromatic carbocycles. The second kappa shape index (κ2) is 8.36. The fourth-order valence-corrected chi connectivity index (χ4v) is 4.36. The van der Waals surface area contributed by atoms with Crippen molar-refractivity contribution in [2.24, 2.45) is 7.05 Å². The third-order valence-corrected chi connectivity index (χ3v) is 6.12. The topological polar surface area (TPSA) is 75.9 Å². The second-order valence-electron chi connectivity index (χ2n) is 7.08. The van der Waals surface area contributed by atoms with E-state index in [0.717, 1.165) is 30.3 Å². The van der Waals surface area contributed by atoms with Gasteiger partial charge in [-0.2, -0.15) is 0 Å². The van der Waals surface area contributed by atoms with E-state index in [9.17, 15) is 9.18 Å². The molecule has 0 spiro atoms. The van der Waals surface area contributed by atoms with Crippen molar-refractivity contribution < 1.29 is 9.18 Å². The highest BCUT2D eigenvalue weighted by Gasteiger charge is 2.32. The molecule has 2 aromatic heterocycles. The first-order valence-electron chi connectivity index (χ1n) is 9.61. The standard InChI is InChI=1S/C20H23FN6OS/c1-13-15-12-14(21)5-6-16(15)25-19(24-13)27-9-3-4-17(27)18(28)22-8-11-29-20-23-7-10-26(20)2/h5-7,10,12,17H,3-4,8-9,11H2,1-2H3,(H,22,28). The number of carbonyl (C=O) groups is 1. The van der Waals surface area contributed by atoms with Gasteiger partial charge in [-0.25, -0.2) is 19.3 Å². The molecule has 0 saturated carbocycles. The van der Waals surface area contributed by atoms with Crippen LogP contribution in [0.25, 0.3) is 10.9 Å². The number of carbonyl (C=O) groups excluding carboxylic acids is 1. The van der Waals surface area contributed by atoms with Gasteiger partial charge < -0.3 is 14.8 Å². The van der Waals surface area contributed by atoms with Crippen molar-refractivity contribution >= 4 is 34.5 Å². The van der Waals surface area contributed by atoms with E-state index in [0.29, 0.717) is 29.1 Å². The number of aryl methyl sites for hydroxylation is 2. The van der Waals surface area contributed by atoms with Crippen LogP contribution in [-0.4, -0.2) is 50.3 Å². The van der Waals surface area contributed by atoms with Crippen LogP contribution in [-0.2, 0) is 11.8 Å². The van der Waals surface area contributed by atoms with E-state index in [-0.39, 0.29) is 17.8 Å². The molecule has 9 heteroatoms. The Morgan fingerprint density at radius 2 is 2.24 bits per heavy atom. The highest BCUT2D eigenvalue weighted by atomic mass is 32.2. The number of hydrogen-bond acceptors (Lipinski definition) is 6. The Balaban J connectivity index is 1.42. The Morgan fingerprint density at radius 1 is 1.38 bits per heavy atom. The number of nitrogens with zero attached hydrogens (tertiary/aromatic N) is 5. The van der Waals surface area contributed by atoms with E-state index in [4.69, 9.17) is 0 Å². The van der Waals surface area contributed by atoms with Crippen LogP contribution in [0, 0.1) is 12.7 Å². The predicted octanol–water partition coefficient (Wildman–Crippen LogP) is 2.69. The van der Waals surface area contributed by atoms with Crippen molar-refractivity contribution in [3.05, 3.63) is 42.1 Å². The summed E-state index contributed by atoms with van der Waals surface area (Å²) in [5, 5.41) is 4.65. The van der Waals surface area contributed by atoms with Crippen LogP contribution in [0.5, 0.6) is 0 Å². The molecule has 4 rings (SSSR count). The fourth-order valence-electron chi connectivity index (χ4n) is 3.57. The Hall–Kier alpha value is -2.68. The van der Waals surface area contributed by atoms with Gasteiger partial charge in [-0.15, -0.1) is 0 Å². The van der Waals surface area contributed by atoms with Crippen LogP contribution in [0.1, 0.15) is 18.5 Å². The summed E-state index contributed by atoms with van der Waals surface area (Å²) < 4.78 is 15.5. The molecule has 1 atom stereocenters. The monoisotopic (exact) mass is 414 g/mol. The van der Waals surface area contributed by atoms with Crippen LogP contribution in [0.2, 0.25) is 0 Å². The normalized spacial score (nSPS) is 16.5. The molecule has 3 aromatic rings. The van der Waals surface area contributed by atoms with Crippen molar-refractivity contribution in [3.63, 3.8) is 0 Å². The molecular weight excluding hydrogens is 391 g/mol. The lowest BCUT2D eigenvalue weighted by molar-refractivity contribution is -0.122. The number of thioether (sulfide) groups is 1. The number of hydrogen-bond donors (Lipinski definition) is 1. The van der Waals surface area contributed by atoms with Gasteiger partial charge >= 0.3 is 0 Å². The van der Waals surface area contributed by atoms with E-state index >= 15 is 0 Å². The molecule has 0 radical (unpaired) electrons. The minimum absolute atomic E-state index is 0.0107. The zero-order valence-corrected chi connectivity index (χ0v) is 17.2. The molecule has 0 bridgehead atoms. The van der Waals surface area contributed by atoms with Crippen LogP contribution in [0.15, 0.2) is 35.7 Å². The van der Waals surface area contributed by atoms with Crippen molar-refractivity contribution in [2.75, 3.05) is 23.7 Å². The van der Waals surface area contributed by atoms with Crippen LogP contribution in [0.3, 0.4) is 0 Å². The molecule has 1 amide bonds. The molecule has 1 aliphatic rings. The number of aromatic nitrogens is 4. The second-order valence-corrected chi connectivity index (χ2v) is 8.14. The third kappa shape index (κ3) is 4.19. The summed E-state index contributed by atoms with van der Waals surface area (Å²) in [5.74, 6) is 0.962. The highest BCUT2D eigenvalue weighted by molar-refractivity contribution is 7.99. The van der Waals surface area contributed by atoms with Gasteiger partial charge in [0.15, 0.2) is 5.16 Å². The number of fused-ring (bicyclic) bond motifs is 1. The fraction of sp³-hybridized carbons (Fsp3) is 0.400. The summed E-state index contributed by atoms with van der Waals surface area (Å²) in [6.07, 6.45) is 5.33. The first kappa shape index (κ1) is 19.6. The first-order chi connectivity index (χ1) is 14.0. The van der Waals surface area contributed by atoms with Crippen molar-refractivity contribution in [2.45, 2.75) is 31.0 Å². The lowest BCUT2D eigenvalue weighted by atomic mass is 10.2. The molecule has 7 nitrogen and oxygen atoms in total. The minimum atomic E-state index is -0.307. The van der Waals surface area contributed by atoms with E-state index in [1.54, 1.807) is 24.0 Å². The van der Waals surface area contributed by atoms with Crippen molar-refractivity contribution in [1.29, 1.82) is 0 Å². The van der Waals surface area contributed by atoms with E-state index in [2.05, 4.69) is 20.3 Å². The lowest BCUT2D eigenvalue weighted by Gasteiger charge is -2.24. The van der Waals surface area contributed by atoms with Gasteiger partial charge in [-0.3, -0.25) is 4.79 Å². The zero-order valence-electron chi connectivity index (χ0n) is 16.4. The first-order valence-corrected chi connectivity index (χ1v) is 10.6. The highest BCUT2D eigenvalue weighted by Crippen LogP contribution is 2.26. The summed E-state index contributed by atoms with van der Waals surface area (Å²) in [6, 6.07) is 4.21. The molecule has 1 saturated heterocycles. The smallest absolute Gasteiger partial charge is 0.242 e. The summed E-state index contributed by atoms with van der Waals surface area (Å²) in [6.45, 7) is 3.14. The third-order valence-electron chi connectivity index (χ3n) is 5.06. The average Bonchev–Trinajstić information content (AvgIpc) is 3.35. The number of nitrogens with one attached hydrogen (secondary N) is 1. The number of rotatable bonds is 6. The van der Waals surface area contributed by atoms with E-state index < -0.39 is 0 Å². The SMILES string of the molecule is Cc1nc(N2CCCC2C(=O)NCCSc2nccn2C)nc2ccc(F)cc12. The lowest BCUT2D eigenvalue weighted by Crippen LogP contribution is -2.44. The summed E-state index contributed by atoms with van der Waals surface area (Å²) in [5.41, 5.74) is 1.40. The molecule has 1 fully saturated rings. The maximum absolute atomic E-state index is 13.5. The Kier molecular flexibility index (Phi) is 5.66. The van der Waals surface area contributed by atoms with Gasteiger partial charge in [0.25, 0.3) is 0 Å². The number of anilines is 1. The predicted molar refractivity (Wildman–Crippen MR) is 112 cm³/mol. The van der Waals surface area contributed by atoms with Crippen molar-refractivity contribution in [1.82, 2.24) is 24.8 Å². The maximum atomic E-state index is 13.5. The zero-order chi connectivity index (χ0) is 20.4. The Bertz CT molecular complexity index is 1040. The molecule has 1 unspecified atom stereocenters. The molecular formula is C20H23FN6OS. The summed E-state index contributed by atoms with van der Waals surface area (Å²) >= 11 is 1.61. The number of halogens is 1. The van der Waals surface area contributed by atoms with Gasteiger partial charge in [0.2, 0.25) is 11.9 Å². The minimum Gasteiger partial charge on any atom is -0.353 e. The maximum Gasteiger partial charge on any atom is 0.242 e. The van der Waals surface area contributed by atoms with E-state index in [1.165, 1.54) is 12.1 Å². The van der Waals surface area contributed by atoms with Crippen molar-refractivity contribution in [3.8, 4) is 0 Å². The molecule has 0 aliphatic carbocycles. The van der Waals surface area contributed by atoms with E-state index in [1.807, 2.05) is 29.6 Å². The summed E-state index contributed by atoms with van der Waals surface area (Å²) in [7, 11) is 1.95. The van der Waals surface area contributed by atoms with Crippen LogP contribution in [0.4, 0.5) is 10.3 Å². The number of amides is 1. The van der Waals surface area contributed by atoms with Gasteiger partial charge in [0.05, 0.1) is 11.2 Å². The quantitative estimate of drug-likeness (QED) is 0.494. The molecule has 1 aliphatic heterocycles. The largest absolute Gasteiger partial charge is 0.353 e.